The van der Waals surface area contributed by atoms with E-state index in [0.29, 0.717) is 5.69 Å². The monoisotopic (exact) mass is 327 g/mol. The highest BCUT2D eigenvalue weighted by Crippen LogP contribution is 2.27. The van der Waals surface area contributed by atoms with Crippen LogP contribution >= 0.6 is 0 Å². The number of benzene rings is 2. The van der Waals surface area contributed by atoms with Crippen LogP contribution in [0.15, 0.2) is 41.2 Å². The zero-order valence-electron chi connectivity index (χ0n) is 12.2. The number of aromatic nitrogens is 3. The quantitative estimate of drug-likeness (QED) is 0.529. The first-order valence-electron chi connectivity index (χ1n) is 6.68. The summed E-state index contributed by atoms with van der Waals surface area (Å²) in [5.41, 5.74) is -1.04. The van der Waals surface area contributed by atoms with Gasteiger partial charge in [-0.25, -0.2) is 0 Å². The zero-order valence-corrected chi connectivity index (χ0v) is 12.2. The number of nitro groups is 2. The van der Waals surface area contributed by atoms with Crippen LogP contribution in [0.25, 0.3) is 16.6 Å². The molecule has 0 spiro atoms. The van der Waals surface area contributed by atoms with Gasteiger partial charge in [0, 0.05) is 6.07 Å². The van der Waals surface area contributed by atoms with Crippen LogP contribution in [0, 0.1) is 27.2 Å². The third-order valence-corrected chi connectivity index (χ3v) is 3.48. The second kappa shape index (κ2) is 5.50. The van der Waals surface area contributed by atoms with Gasteiger partial charge in [-0.3, -0.25) is 25.0 Å². The lowest BCUT2D eigenvalue weighted by Gasteiger charge is -2.07. The first-order chi connectivity index (χ1) is 11.4. The van der Waals surface area contributed by atoms with E-state index in [9.17, 15) is 25.0 Å². The molecule has 0 fully saturated rings. The second-order valence-corrected chi connectivity index (χ2v) is 4.97. The molecule has 0 aliphatic carbocycles. The van der Waals surface area contributed by atoms with E-state index in [0.717, 1.165) is 22.4 Å². The van der Waals surface area contributed by atoms with E-state index >= 15 is 0 Å². The van der Waals surface area contributed by atoms with Crippen molar-refractivity contribution in [2.24, 2.45) is 0 Å². The molecule has 0 N–H and O–H groups in total. The Kier molecular flexibility index (Phi) is 3.49. The minimum absolute atomic E-state index is 0.203. The van der Waals surface area contributed by atoms with Crippen molar-refractivity contribution in [3.05, 3.63) is 72.5 Å². The highest BCUT2D eigenvalue weighted by molar-refractivity contribution is 5.89. The Morgan fingerprint density at radius 1 is 1.08 bits per heavy atom. The van der Waals surface area contributed by atoms with E-state index in [4.69, 9.17) is 0 Å². The maximum Gasteiger partial charge on any atom is 0.291 e. The number of nitrogens with zero attached hydrogens (tertiary/aromatic N) is 5. The summed E-state index contributed by atoms with van der Waals surface area (Å²) in [4.78, 5) is 33.2. The van der Waals surface area contributed by atoms with Crippen LogP contribution < -0.4 is 5.56 Å². The average molecular weight is 327 g/mol. The molecule has 3 aromatic rings. The smallest absolute Gasteiger partial charge is 0.266 e. The van der Waals surface area contributed by atoms with Crippen LogP contribution in [-0.2, 0) is 0 Å². The molecular weight excluding hydrogens is 318 g/mol. The Hall–Kier alpha value is -3.69. The van der Waals surface area contributed by atoms with Crippen molar-refractivity contribution in [1.82, 2.24) is 15.0 Å². The highest BCUT2D eigenvalue weighted by Gasteiger charge is 2.24. The fraction of sp³-hybridized carbons (Fsp3) is 0.0714. The lowest BCUT2D eigenvalue weighted by Crippen LogP contribution is -2.24. The van der Waals surface area contributed by atoms with Gasteiger partial charge in [-0.1, -0.05) is 23.4 Å². The molecule has 0 unspecified atom stereocenters. The molecule has 24 heavy (non-hydrogen) atoms. The number of fused-ring (bicyclic) bond motifs is 1. The number of rotatable bonds is 3. The molecule has 2 aromatic carbocycles. The lowest BCUT2D eigenvalue weighted by atomic mass is 10.1. The van der Waals surface area contributed by atoms with E-state index < -0.39 is 26.8 Å². The largest absolute Gasteiger partial charge is 0.291 e. The van der Waals surface area contributed by atoms with Crippen LogP contribution in [0.2, 0.25) is 0 Å². The Bertz CT molecular complexity index is 1060. The minimum Gasteiger partial charge on any atom is -0.266 e. The van der Waals surface area contributed by atoms with Gasteiger partial charge in [0.15, 0.2) is 0 Å². The van der Waals surface area contributed by atoms with Gasteiger partial charge in [0.1, 0.15) is 10.9 Å². The van der Waals surface area contributed by atoms with Crippen molar-refractivity contribution in [1.29, 1.82) is 0 Å². The second-order valence-electron chi connectivity index (χ2n) is 4.97. The molecule has 0 aliphatic heterocycles. The molecule has 0 saturated heterocycles. The van der Waals surface area contributed by atoms with E-state index in [-0.39, 0.29) is 10.9 Å². The van der Waals surface area contributed by atoms with Crippen molar-refractivity contribution in [3.8, 4) is 5.69 Å². The van der Waals surface area contributed by atoms with E-state index in [2.05, 4.69) is 10.3 Å². The Balaban J connectivity index is 2.41. The van der Waals surface area contributed by atoms with Crippen LogP contribution in [0.5, 0.6) is 0 Å². The number of nitro benzene ring substituents is 2. The van der Waals surface area contributed by atoms with Gasteiger partial charge in [0.05, 0.1) is 21.6 Å². The maximum atomic E-state index is 12.7. The third kappa shape index (κ3) is 2.35. The van der Waals surface area contributed by atoms with Crippen LogP contribution in [0.3, 0.4) is 0 Å². The van der Waals surface area contributed by atoms with Crippen LogP contribution in [0.1, 0.15) is 5.56 Å². The molecule has 10 nitrogen and oxygen atoms in total. The SMILES string of the molecule is Cc1ccccc1-n1nnc2cc([N+](=O)[O-])cc([N+](=O)[O-])c2c1=O. The van der Waals surface area contributed by atoms with Crippen molar-refractivity contribution in [2.45, 2.75) is 6.92 Å². The predicted molar refractivity (Wildman–Crippen MR) is 83.2 cm³/mol. The lowest BCUT2D eigenvalue weighted by molar-refractivity contribution is -0.393. The molecule has 10 heteroatoms. The van der Waals surface area contributed by atoms with Crippen LogP contribution in [-0.4, -0.2) is 24.8 Å². The number of hydrogen-bond donors (Lipinski definition) is 0. The summed E-state index contributed by atoms with van der Waals surface area (Å²) >= 11 is 0. The summed E-state index contributed by atoms with van der Waals surface area (Å²) in [5.74, 6) is 0. The topological polar surface area (TPSA) is 134 Å². The van der Waals surface area contributed by atoms with Crippen molar-refractivity contribution >= 4 is 22.3 Å². The predicted octanol–water partition coefficient (Wildman–Crippen LogP) is 1.91. The van der Waals surface area contributed by atoms with Gasteiger partial charge in [-0.05, 0) is 18.6 Å². The molecule has 1 aromatic heterocycles. The standard InChI is InChI=1S/C14H9N5O5/c1-8-4-2-3-5-11(8)17-14(20)13-10(15-16-17)6-9(18(21)22)7-12(13)19(23)24/h2-7H,1H3. The van der Waals surface area contributed by atoms with Gasteiger partial charge >= 0.3 is 0 Å². The Morgan fingerprint density at radius 2 is 1.79 bits per heavy atom. The molecule has 0 aliphatic rings. The number of hydrogen-bond acceptors (Lipinski definition) is 7. The fourth-order valence-electron chi connectivity index (χ4n) is 2.34. The van der Waals surface area contributed by atoms with Crippen molar-refractivity contribution < 1.29 is 9.85 Å². The van der Waals surface area contributed by atoms with E-state index in [1.165, 1.54) is 0 Å². The van der Waals surface area contributed by atoms with Crippen molar-refractivity contribution in [3.63, 3.8) is 0 Å². The van der Waals surface area contributed by atoms with Gasteiger partial charge in [-0.15, -0.1) is 5.10 Å². The summed E-state index contributed by atoms with van der Waals surface area (Å²) in [7, 11) is 0. The number of aryl methyl sites for hydroxylation is 1. The van der Waals surface area contributed by atoms with Crippen LogP contribution in [0.4, 0.5) is 11.4 Å². The maximum absolute atomic E-state index is 12.7. The van der Waals surface area contributed by atoms with E-state index in [1.54, 1.807) is 31.2 Å². The summed E-state index contributed by atoms with van der Waals surface area (Å²) in [6, 6.07) is 8.55. The highest BCUT2D eigenvalue weighted by atomic mass is 16.6. The van der Waals surface area contributed by atoms with Gasteiger partial charge < -0.3 is 0 Å². The third-order valence-electron chi connectivity index (χ3n) is 3.48. The van der Waals surface area contributed by atoms with Gasteiger partial charge in [0.2, 0.25) is 0 Å². The molecule has 120 valence electrons. The summed E-state index contributed by atoms with van der Waals surface area (Å²) in [6.45, 7) is 1.75. The first kappa shape index (κ1) is 15.2. The Labute approximate surface area is 133 Å². The normalized spacial score (nSPS) is 10.7. The van der Waals surface area contributed by atoms with Gasteiger partial charge in [-0.2, -0.15) is 4.68 Å². The molecule has 0 saturated carbocycles. The molecule has 0 atom stereocenters. The average Bonchev–Trinajstić information content (AvgIpc) is 2.55. The molecular formula is C14H9N5O5. The fourth-order valence-corrected chi connectivity index (χ4v) is 2.34. The molecule has 0 bridgehead atoms. The molecule has 1 heterocycles. The van der Waals surface area contributed by atoms with Gasteiger partial charge in [0.25, 0.3) is 16.9 Å². The number of para-hydroxylation sites is 1. The minimum atomic E-state index is -0.847. The summed E-state index contributed by atoms with van der Waals surface area (Å²) < 4.78 is 0.941. The van der Waals surface area contributed by atoms with Crippen molar-refractivity contribution in [2.75, 3.05) is 0 Å². The zero-order chi connectivity index (χ0) is 17.4. The number of non-ortho nitro benzene ring substituents is 2. The molecule has 3 rings (SSSR count). The Morgan fingerprint density at radius 3 is 2.42 bits per heavy atom. The molecule has 0 amide bonds. The first-order valence-corrected chi connectivity index (χ1v) is 6.68. The molecule has 0 radical (unpaired) electrons. The van der Waals surface area contributed by atoms with E-state index in [1.807, 2.05) is 0 Å². The summed E-state index contributed by atoms with van der Waals surface area (Å²) in [5, 5.41) is 29.3. The summed E-state index contributed by atoms with van der Waals surface area (Å²) in [6.07, 6.45) is 0.